The number of ether oxygens (including phenoxy) is 1. The zero-order valence-electron chi connectivity index (χ0n) is 21.0. The van der Waals surface area contributed by atoms with E-state index >= 15 is 0 Å². The summed E-state index contributed by atoms with van der Waals surface area (Å²) in [6.45, 7) is 15.7. The summed E-state index contributed by atoms with van der Waals surface area (Å²) >= 11 is 0. The zero-order chi connectivity index (χ0) is 24.5. The average Bonchev–Trinajstić information content (AvgIpc) is 2.73. The first-order valence-corrected chi connectivity index (χ1v) is 13.5. The summed E-state index contributed by atoms with van der Waals surface area (Å²) in [5.41, 5.74) is 4.12. The van der Waals surface area contributed by atoms with Crippen LogP contribution in [0.25, 0.3) is 0 Å². The number of benzene rings is 1. The van der Waals surface area contributed by atoms with Crippen LogP contribution in [0.1, 0.15) is 58.6 Å². The number of aryl methyl sites for hydroxylation is 2. The van der Waals surface area contributed by atoms with Crippen LogP contribution in [0.5, 0.6) is 0 Å². The highest BCUT2D eigenvalue weighted by Crippen LogP contribution is 2.32. The molecule has 2 amide bonds. The van der Waals surface area contributed by atoms with Crippen LogP contribution < -0.4 is 14.9 Å². The van der Waals surface area contributed by atoms with Crippen molar-refractivity contribution in [3.63, 3.8) is 0 Å². The number of rotatable bonds is 5. The van der Waals surface area contributed by atoms with Crippen molar-refractivity contribution in [2.75, 3.05) is 29.9 Å². The predicted octanol–water partition coefficient (Wildman–Crippen LogP) is 3.63. The number of piperidine rings is 1. The SMILES string of the molecule is Cc1cc(N2C[C@H](C)O[C@H](C)C2C)c(C)cc1NC(=O)N1CCC(NS(=O)(=O)C(C)C)CC1. The van der Waals surface area contributed by atoms with Crippen LogP contribution in [0, 0.1) is 13.8 Å². The Morgan fingerprint density at radius 1 is 1.09 bits per heavy atom. The highest BCUT2D eigenvalue weighted by molar-refractivity contribution is 7.90. The van der Waals surface area contributed by atoms with Crippen LogP contribution in [0.2, 0.25) is 0 Å². The minimum Gasteiger partial charge on any atom is -0.372 e. The molecule has 33 heavy (non-hydrogen) atoms. The van der Waals surface area contributed by atoms with Gasteiger partial charge in [0.1, 0.15) is 0 Å². The molecule has 0 saturated carbocycles. The van der Waals surface area contributed by atoms with Gasteiger partial charge in [0.15, 0.2) is 0 Å². The third kappa shape index (κ3) is 6.00. The van der Waals surface area contributed by atoms with E-state index in [-0.39, 0.29) is 30.3 Å². The summed E-state index contributed by atoms with van der Waals surface area (Å²) in [6, 6.07) is 4.21. The fourth-order valence-electron chi connectivity index (χ4n) is 4.55. The predicted molar refractivity (Wildman–Crippen MR) is 134 cm³/mol. The number of sulfonamides is 1. The Balaban J connectivity index is 1.63. The Labute approximate surface area is 199 Å². The molecule has 0 aromatic heterocycles. The molecule has 3 rings (SSSR count). The van der Waals surface area contributed by atoms with Gasteiger partial charge in [0.2, 0.25) is 10.0 Å². The van der Waals surface area contributed by atoms with Crippen molar-refractivity contribution in [2.24, 2.45) is 0 Å². The Morgan fingerprint density at radius 3 is 2.33 bits per heavy atom. The van der Waals surface area contributed by atoms with E-state index in [1.54, 1.807) is 18.7 Å². The lowest BCUT2D eigenvalue weighted by Gasteiger charge is -2.43. The van der Waals surface area contributed by atoms with Crippen LogP contribution in [0.4, 0.5) is 16.2 Å². The first kappa shape index (κ1) is 25.8. The molecule has 2 N–H and O–H groups in total. The normalized spacial score (nSPS) is 24.9. The summed E-state index contributed by atoms with van der Waals surface area (Å²) in [5.74, 6) is 0. The number of hydrogen-bond donors (Lipinski definition) is 2. The lowest BCUT2D eigenvalue weighted by atomic mass is 10.0. The standard InChI is InChI=1S/C24H40N4O4S/c1-15(2)33(30,31)26-21-8-10-27(11-9-21)24(29)25-22-12-17(4)23(13-16(22)3)28-14-18(5)32-20(7)19(28)6/h12-13,15,18-21,26H,8-11,14H2,1-7H3,(H,25,29)/t18-,19?,20+/m0/s1. The van der Waals surface area contributed by atoms with Crippen LogP contribution >= 0.6 is 0 Å². The molecule has 1 unspecified atom stereocenters. The van der Waals surface area contributed by atoms with E-state index in [4.69, 9.17) is 4.74 Å². The van der Waals surface area contributed by atoms with Crippen LogP contribution in [-0.4, -0.2) is 68.5 Å². The number of anilines is 2. The van der Waals surface area contributed by atoms with Gasteiger partial charge in [0.25, 0.3) is 0 Å². The maximum Gasteiger partial charge on any atom is 0.321 e. The number of hydrogen-bond acceptors (Lipinski definition) is 5. The summed E-state index contributed by atoms with van der Waals surface area (Å²) in [5, 5.41) is 2.61. The number of nitrogens with one attached hydrogen (secondary N) is 2. The summed E-state index contributed by atoms with van der Waals surface area (Å²) in [4.78, 5) is 17.1. The largest absolute Gasteiger partial charge is 0.372 e. The van der Waals surface area contributed by atoms with Gasteiger partial charge in [-0.1, -0.05) is 0 Å². The van der Waals surface area contributed by atoms with E-state index in [1.807, 2.05) is 13.0 Å². The van der Waals surface area contributed by atoms with Gasteiger partial charge in [-0.2, -0.15) is 0 Å². The fraction of sp³-hybridized carbons (Fsp3) is 0.708. The van der Waals surface area contributed by atoms with E-state index in [0.29, 0.717) is 25.9 Å². The number of likely N-dealkylation sites (tertiary alicyclic amines) is 1. The van der Waals surface area contributed by atoms with Crippen LogP contribution in [-0.2, 0) is 14.8 Å². The van der Waals surface area contributed by atoms with Crippen molar-refractivity contribution < 1.29 is 17.9 Å². The molecule has 1 aromatic carbocycles. The highest BCUT2D eigenvalue weighted by Gasteiger charge is 2.31. The van der Waals surface area contributed by atoms with Crippen molar-refractivity contribution in [3.8, 4) is 0 Å². The topological polar surface area (TPSA) is 91.0 Å². The van der Waals surface area contributed by atoms with E-state index in [0.717, 1.165) is 23.4 Å². The Hall–Kier alpha value is -1.84. The third-order valence-electron chi connectivity index (χ3n) is 6.90. The van der Waals surface area contributed by atoms with Gasteiger partial charge in [0.05, 0.1) is 23.5 Å². The van der Waals surface area contributed by atoms with Crippen molar-refractivity contribution in [1.82, 2.24) is 9.62 Å². The average molecular weight is 481 g/mol. The van der Waals surface area contributed by atoms with Crippen LogP contribution in [0.3, 0.4) is 0 Å². The van der Waals surface area contributed by atoms with Gasteiger partial charge in [-0.3, -0.25) is 0 Å². The molecule has 2 saturated heterocycles. The minimum absolute atomic E-state index is 0.120. The number of morpholine rings is 1. The number of carbonyl (C=O) groups is 1. The number of amides is 2. The van der Waals surface area contributed by atoms with Crippen LogP contribution in [0.15, 0.2) is 12.1 Å². The second kappa shape index (κ2) is 10.2. The Bertz CT molecular complexity index is 957. The molecule has 9 heteroatoms. The molecule has 0 radical (unpaired) electrons. The summed E-state index contributed by atoms with van der Waals surface area (Å²) in [6.07, 6.45) is 1.55. The number of urea groups is 1. The quantitative estimate of drug-likeness (QED) is 0.672. The molecule has 0 aliphatic carbocycles. The van der Waals surface area contributed by atoms with Gasteiger partial charge in [0, 0.05) is 37.1 Å². The highest BCUT2D eigenvalue weighted by atomic mass is 32.2. The second-order valence-corrected chi connectivity index (χ2v) is 12.2. The smallest absolute Gasteiger partial charge is 0.321 e. The minimum atomic E-state index is -3.30. The number of nitrogens with zero attached hydrogens (tertiary/aromatic N) is 2. The van der Waals surface area contributed by atoms with E-state index in [2.05, 4.69) is 48.7 Å². The molecule has 2 aliphatic rings. The van der Waals surface area contributed by atoms with E-state index in [9.17, 15) is 13.2 Å². The first-order valence-electron chi connectivity index (χ1n) is 12.0. The lowest BCUT2D eigenvalue weighted by Crippen LogP contribution is -2.52. The molecule has 2 heterocycles. The lowest BCUT2D eigenvalue weighted by molar-refractivity contribution is -0.0258. The molecule has 0 bridgehead atoms. The third-order valence-corrected chi connectivity index (χ3v) is 8.80. The monoisotopic (exact) mass is 480 g/mol. The maximum absolute atomic E-state index is 12.9. The molecule has 3 atom stereocenters. The summed E-state index contributed by atoms with van der Waals surface area (Å²) < 4.78 is 33.0. The molecule has 8 nitrogen and oxygen atoms in total. The number of carbonyl (C=O) groups excluding carboxylic acids is 1. The van der Waals surface area contributed by atoms with Crippen molar-refractivity contribution >= 4 is 27.4 Å². The van der Waals surface area contributed by atoms with Crippen molar-refractivity contribution in [2.45, 2.75) is 90.8 Å². The van der Waals surface area contributed by atoms with Gasteiger partial charge in [-0.05, 0) is 84.6 Å². The van der Waals surface area contributed by atoms with Crippen molar-refractivity contribution in [3.05, 3.63) is 23.3 Å². The molecular weight excluding hydrogens is 440 g/mol. The van der Waals surface area contributed by atoms with E-state index < -0.39 is 15.3 Å². The van der Waals surface area contributed by atoms with E-state index in [1.165, 1.54) is 5.69 Å². The molecule has 2 aliphatic heterocycles. The molecule has 186 valence electrons. The second-order valence-electron chi connectivity index (χ2n) is 9.90. The Kier molecular flexibility index (Phi) is 7.96. The molecular formula is C24H40N4O4S. The van der Waals surface area contributed by atoms with Gasteiger partial charge < -0.3 is 19.9 Å². The summed E-state index contributed by atoms with van der Waals surface area (Å²) in [7, 11) is -3.30. The fourth-order valence-corrected chi connectivity index (χ4v) is 5.52. The first-order chi connectivity index (χ1) is 15.4. The van der Waals surface area contributed by atoms with Gasteiger partial charge in [-0.15, -0.1) is 0 Å². The molecule has 1 aromatic rings. The maximum atomic E-state index is 12.9. The Morgan fingerprint density at radius 2 is 1.73 bits per heavy atom. The van der Waals surface area contributed by atoms with Gasteiger partial charge >= 0.3 is 6.03 Å². The molecule has 2 fully saturated rings. The molecule has 0 spiro atoms. The van der Waals surface area contributed by atoms with Crippen molar-refractivity contribution in [1.29, 1.82) is 0 Å². The zero-order valence-corrected chi connectivity index (χ0v) is 21.8. The van der Waals surface area contributed by atoms with Gasteiger partial charge in [-0.25, -0.2) is 17.9 Å².